The quantitative estimate of drug-likeness (QED) is 0.205. The monoisotopic (exact) mass is 550 g/mol. The molecule has 0 bridgehead atoms. The lowest BCUT2D eigenvalue weighted by Crippen LogP contribution is -1.92. The van der Waals surface area contributed by atoms with Crippen LogP contribution in [-0.2, 0) is 0 Å². The van der Waals surface area contributed by atoms with Gasteiger partial charge < -0.3 is 8.98 Å². The number of aromatic nitrogens is 3. The van der Waals surface area contributed by atoms with Crippen LogP contribution in [0.1, 0.15) is 0 Å². The van der Waals surface area contributed by atoms with Crippen LogP contribution in [-0.4, -0.2) is 14.0 Å². The number of fused-ring (bicyclic) bond motifs is 8. The summed E-state index contributed by atoms with van der Waals surface area (Å²) in [6.07, 6.45) is 2.10. The van der Waals surface area contributed by atoms with Crippen LogP contribution in [0.3, 0.4) is 0 Å². The van der Waals surface area contributed by atoms with Crippen LogP contribution in [0.15, 0.2) is 138 Å². The molecule has 0 radical (unpaired) electrons. The van der Waals surface area contributed by atoms with Gasteiger partial charge in [-0.1, -0.05) is 66.7 Å². The van der Waals surface area contributed by atoms with Crippen LogP contribution >= 0.6 is 0 Å². The Bertz CT molecular complexity index is 2560. The average molecular weight is 551 g/mol. The van der Waals surface area contributed by atoms with E-state index in [2.05, 4.69) is 94.5 Å². The van der Waals surface area contributed by atoms with Crippen LogP contribution in [0.5, 0.6) is 0 Å². The summed E-state index contributed by atoms with van der Waals surface area (Å²) in [5, 5.41) is 3.24. The number of benzene rings is 5. The highest BCUT2D eigenvalue weighted by Crippen LogP contribution is 2.37. The first kappa shape index (κ1) is 23.6. The highest BCUT2D eigenvalue weighted by atomic mass is 16.3. The molecule has 5 heteroatoms. The molecule has 0 saturated heterocycles. The summed E-state index contributed by atoms with van der Waals surface area (Å²) in [5.41, 5.74) is 11.8. The van der Waals surface area contributed by atoms with Gasteiger partial charge in [-0.05, 0) is 88.3 Å². The third-order valence-electron chi connectivity index (χ3n) is 8.37. The molecule has 0 saturated carbocycles. The van der Waals surface area contributed by atoms with E-state index in [4.69, 9.17) is 16.0 Å². The molecule has 0 spiro atoms. The summed E-state index contributed by atoms with van der Waals surface area (Å²) >= 11 is 0. The minimum absolute atomic E-state index is 0.643. The van der Waals surface area contributed by atoms with Gasteiger partial charge in [0.05, 0.1) is 17.6 Å². The van der Waals surface area contributed by atoms with E-state index in [1.54, 1.807) is 0 Å². The molecule has 0 aliphatic rings. The molecule has 9 rings (SSSR count). The minimum atomic E-state index is 0.643. The topological polar surface area (TPSA) is 39.7 Å². The van der Waals surface area contributed by atoms with E-state index in [-0.39, 0.29) is 0 Å². The third-order valence-corrected chi connectivity index (χ3v) is 8.37. The lowest BCUT2D eigenvalue weighted by atomic mass is 9.99. The number of rotatable bonds is 3. The van der Waals surface area contributed by atoms with Gasteiger partial charge in [0.15, 0.2) is 5.69 Å². The number of furan rings is 1. The lowest BCUT2D eigenvalue weighted by molar-refractivity contribution is 0.649. The fourth-order valence-electron chi connectivity index (χ4n) is 6.29. The van der Waals surface area contributed by atoms with Crippen LogP contribution in [0.25, 0.3) is 82.4 Å². The Morgan fingerprint density at radius 1 is 0.605 bits per heavy atom. The maximum atomic E-state index is 7.57. The molecule has 43 heavy (non-hydrogen) atoms. The van der Waals surface area contributed by atoms with Gasteiger partial charge in [-0.25, -0.2) is 9.83 Å². The SMILES string of the molecule is [C-]#[N+]c1ccc2c(c1)c1cc(-c3ccc(-c4ccc5nc6c7ccccc7oc6n5c4)cc3)ccc1n2-c1ccccc1. The third kappa shape index (κ3) is 3.54. The molecule has 4 aromatic heterocycles. The fourth-order valence-corrected chi connectivity index (χ4v) is 6.29. The number of imidazole rings is 1. The molecule has 200 valence electrons. The van der Waals surface area contributed by atoms with E-state index in [1.165, 1.54) is 0 Å². The molecule has 0 aliphatic carbocycles. The molecular weight excluding hydrogens is 528 g/mol. The summed E-state index contributed by atoms with van der Waals surface area (Å²) in [7, 11) is 0. The van der Waals surface area contributed by atoms with Crippen molar-refractivity contribution < 1.29 is 4.42 Å². The smallest absolute Gasteiger partial charge is 0.232 e. The zero-order valence-corrected chi connectivity index (χ0v) is 22.9. The largest absolute Gasteiger partial charge is 0.437 e. The number of pyridine rings is 1. The summed E-state index contributed by atoms with van der Waals surface area (Å²) in [6.45, 7) is 7.57. The van der Waals surface area contributed by atoms with Gasteiger partial charge in [0, 0.05) is 22.7 Å². The Balaban J connectivity index is 1.14. The Labute approximate surface area is 246 Å². The molecule has 0 fully saturated rings. The molecule has 5 aromatic carbocycles. The van der Waals surface area contributed by atoms with E-state index >= 15 is 0 Å². The molecule has 0 amide bonds. The van der Waals surface area contributed by atoms with Crippen molar-refractivity contribution in [3.8, 4) is 27.9 Å². The lowest BCUT2D eigenvalue weighted by Gasteiger charge is -2.09. The Hall–Kier alpha value is -6.12. The average Bonchev–Trinajstić information content (AvgIpc) is 3.72. The summed E-state index contributed by atoms with van der Waals surface area (Å²) in [5.74, 6) is 0. The van der Waals surface area contributed by atoms with Crippen molar-refractivity contribution in [1.82, 2.24) is 14.0 Å². The van der Waals surface area contributed by atoms with Gasteiger partial charge in [0.25, 0.3) is 0 Å². The predicted molar refractivity (Wildman–Crippen MR) is 174 cm³/mol. The summed E-state index contributed by atoms with van der Waals surface area (Å²) < 4.78 is 10.5. The van der Waals surface area contributed by atoms with Gasteiger partial charge in [-0.15, -0.1) is 0 Å². The van der Waals surface area contributed by atoms with Gasteiger partial charge in [-0.3, -0.25) is 4.40 Å². The first-order chi connectivity index (χ1) is 21.2. The fraction of sp³-hybridized carbons (Fsp3) is 0. The van der Waals surface area contributed by atoms with Crippen molar-refractivity contribution >= 4 is 55.3 Å². The Kier molecular flexibility index (Phi) is 4.90. The van der Waals surface area contributed by atoms with Crippen molar-refractivity contribution in [2.75, 3.05) is 0 Å². The van der Waals surface area contributed by atoms with Gasteiger partial charge in [0.1, 0.15) is 16.7 Å². The van der Waals surface area contributed by atoms with E-state index in [9.17, 15) is 0 Å². The second kappa shape index (κ2) is 8.94. The number of para-hydroxylation sites is 2. The van der Waals surface area contributed by atoms with Gasteiger partial charge in [0.2, 0.25) is 5.71 Å². The van der Waals surface area contributed by atoms with Crippen molar-refractivity contribution in [3.63, 3.8) is 0 Å². The maximum Gasteiger partial charge on any atom is 0.232 e. The Morgan fingerprint density at radius 3 is 2.09 bits per heavy atom. The van der Waals surface area contributed by atoms with Crippen molar-refractivity contribution in [1.29, 1.82) is 0 Å². The van der Waals surface area contributed by atoms with Crippen LogP contribution in [0, 0.1) is 6.57 Å². The number of hydrogen-bond donors (Lipinski definition) is 0. The van der Waals surface area contributed by atoms with E-state index in [0.29, 0.717) is 5.69 Å². The van der Waals surface area contributed by atoms with E-state index < -0.39 is 0 Å². The van der Waals surface area contributed by atoms with E-state index in [1.807, 2.05) is 52.9 Å². The molecular formula is C38H22N4O. The summed E-state index contributed by atoms with van der Waals surface area (Å²) in [4.78, 5) is 8.52. The number of hydrogen-bond acceptors (Lipinski definition) is 2. The Morgan fingerprint density at radius 2 is 1.28 bits per heavy atom. The van der Waals surface area contributed by atoms with Crippen molar-refractivity contribution in [2.45, 2.75) is 0 Å². The van der Waals surface area contributed by atoms with Gasteiger partial charge >= 0.3 is 0 Å². The summed E-state index contributed by atoms with van der Waals surface area (Å²) in [6, 6.07) is 43.8. The second-order valence-corrected chi connectivity index (χ2v) is 10.8. The second-order valence-electron chi connectivity index (χ2n) is 10.8. The first-order valence-electron chi connectivity index (χ1n) is 14.2. The molecule has 0 aliphatic heterocycles. The zero-order valence-electron chi connectivity index (χ0n) is 22.9. The molecule has 9 aromatic rings. The predicted octanol–water partition coefficient (Wildman–Crippen LogP) is 10.2. The molecule has 5 nitrogen and oxygen atoms in total. The molecule has 0 unspecified atom stereocenters. The highest BCUT2D eigenvalue weighted by Gasteiger charge is 2.16. The van der Waals surface area contributed by atoms with Crippen molar-refractivity contribution in [3.05, 3.63) is 145 Å². The van der Waals surface area contributed by atoms with E-state index in [0.717, 1.165) is 77.6 Å². The van der Waals surface area contributed by atoms with Crippen LogP contribution in [0.2, 0.25) is 0 Å². The minimum Gasteiger partial charge on any atom is -0.437 e. The van der Waals surface area contributed by atoms with Crippen LogP contribution in [0.4, 0.5) is 5.69 Å². The van der Waals surface area contributed by atoms with Crippen LogP contribution < -0.4 is 0 Å². The normalized spacial score (nSPS) is 11.7. The molecule has 4 heterocycles. The molecule has 0 N–H and O–H groups in total. The zero-order chi connectivity index (χ0) is 28.5. The maximum absolute atomic E-state index is 7.57. The van der Waals surface area contributed by atoms with Crippen molar-refractivity contribution in [2.24, 2.45) is 0 Å². The number of nitrogens with zero attached hydrogens (tertiary/aromatic N) is 4. The first-order valence-corrected chi connectivity index (χ1v) is 14.2. The highest BCUT2D eigenvalue weighted by molar-refractivity contribution is 6.11. The molecule has 0 atom stereocenters. The standard InChI is InChI=1S/C38H22N4O/c1-39-28-17-19-34-32(22-28)31-21-26(15-18-33(31)42(34)29-7-3-2-4-8-29)24-11-13-25(14-12-24)27-16-20-36-40-37-30-9-5-6-10-35(30)43-38(37)41(36)23-27/h2-23H. The van der Waals surface area contributed by atoms with Gasteiger partial charge in [-0.2, -0.15) is 0 Å².